The van der Waals surface area contributed by atoms with Crippen LogP contribution in [0.4, 0.5) is 10.1 Å². The fourth-order valence-corrected chi connectivity index (χ4v) is 3.34. The summed E-state index contributed by atoms with van der Waals surface area (Å²) in [5.74, 6) is 0.604. The molecule has 22 heavy (non-hydrogen) atoms. The van der Waals surface area contributed by atoms with E-state index in [1.165, 1.54) is 22.9 Å². The number of rotatable bonds is 2. The zero-order valence-corrected chi connectivity index (χ0v) is 12.4. The SMILES string of the molecule is Fc1ccc2c(c1)CN(Cc1cccc3c1NCC3)CCO2. The summed E-state index contributed by atoms with van der Waals surface area (Å²) in [5, 5.41) is 3.48. The third-order valence-corrected chi connectivity index (χ3v) is 4.41. The molecule has 2 aliphatic heterocycles. The first-order valence-corrected chi connectivity index (χ1v) is 7.78. The summed E-state index contributed by atoms with van der Waals surface area (Å²) >= 11 is 0. The number of nitrogens with zero attached hydrogens (tertiary/aromatic N) is 1. The lowest BCUT2D eigenvalue weighted by Crippen LogP contribution is -2.25. The van der Waals surface area contributed by atoms with E-state index in [1.54, 1.807) is 12.1 Å². The van der Waals surface area contributed by atoms with Crippen LogP contribution in [0.5, 0.6) is 5.75 Å². The minimum absolute atomic E-state index is 0.202. The van der Waals surface area contributed by atoms with Gasteiger partial charge in [0.1, 0.15) is 18.2 Å². The first kappa shape index (κ1) is 13.6. The van der Waals surface area contributed by atoms with Crippen molar-refractivity contribution < 1.29 is 9.13 Å². The fraction of sp³-hybridized carbons (Fsp3) is 0.333. The van der Waals surface area contributed by atoms with Crippen LogP contribution >= 0.6 is 0 Å². The number of hydrogen-bond donors (Lipinski definition) is 1. The predicted octanol–water partition coefficient (Wildman–Crippen LogP) is 3.19. The van der Waals surface area contributed by atoms with E-state index in [1.807, 2.05) is 0 Å². The third kappa shape index (κ3) is 2.55. The second-order valence-corrected chi connectivity index (χ2v) is 5.94. The molecule has 2 aromatic rings. The van der Waals surface area contributed by atoms with Crippen molar-refractivity contribution in [2.75, 3.05) is 25.0 Å². The topological polar surface area (TPSA) is 24.5 Å². The van der Waals surface area contributed by atoms with Gasteiger partial charge in [0.2, 0.25) is 0 Å². The summed E-state index contributed by atoms with van der Waals surface area (Å²) in [6, 6.07) is 11.3. The van der Waals surface area contributed by atoms with Crippen molar-refractivity contribution in [2.45, 2.75) is 19.5 Å². The van der Waals surface area contributed by atoms with Gasteiger partial charge in [-0.2, -0.15) is 0 Å². The van der Waals surface area contributed by atoms with E-state index in [0.29, 0.717) is 6.61 Å². The van der Waals surface area contributed by atoms with Crippen LogP contribution in [0.3, 0.4) is 0 Å². The highest BCUT2D eigenvalue weighted by atomic mass is 19.1. The summed E-state index contributed by atoms with van der Waals surface area (Å²) in [6.45, 7) is 4.08. The van der Waals surface area contributed by atoms with Crippen LogP contribution in [-0.2, 0) is 19.5 Å². The third-order valence-electron chi connectivity index (χ3n) is 4.41. The summed E-state index contributed by atoms with van der Waals surface area (Å²) in [6.07, 6.45) is 1.10. The number of hydrogen-bond acceptors (Lipinski definition) is 3. The first-order chi connectivity index (χ1) is 10.8. The molecule has 0 radical (unpaired) electrons. The van der Waals surface area contributed by atoms with Gasteiger partial charge in [-0.3, -0.25) is 4.90 Å². The summed E-state index contributed by atoms with van der Waals surface area (Å²) in [4.78, 5) is 2.32. The van der Waals surface area contributed by atoms with Crippen LogP contribution in [0.15, 0.2) is 36.4 Å². The number of fused-ring (bicyclic) bond motifs is 2. The highest BCUT2D eigenvalue weighted by Gasteiger charge is 2.19. The average molecular weight is 298 g/mol. The average Bonchev–Trinajstić information content (AvgIpc) is 2.90. The van der Waals surface area contributed by atoms with Gasteiger partial charge >= 0.3 is 0 Å². The Kier molecular flexibility index (Phi) is 3.47. The Labute approximate surface area is 129 Å². The summed E-state index contributed by atoms with van der Waals surface area (Å²) < 4.78 is 19.2. The molecule has 4 heteroatoms. The molecule has 0 spiro atoms. The Morgan fingerprint density at radius 1 is 1.18 bits per heavy atom. The summed E-state index contributed by atoms with van der Waals surface area (Å²) in [5.41, 5.74) is 4.93. The molecule has 2 aromatic carbocycles. The number of ether oxygens (including phenoxy) is 1. The maximum atomic E-state index is 13.5. The maximum absolute atomic E-state index is 13.5. The molecule has 0 unspecified atom stereocenters. The van der Waals surface area contributed by atoms with Crippen molar-refractivity contribution in [3.8, 4) is 5.75 Å². The van der Waals surface area contributed by atoms with Crippen molar-refractivity contribution in [3.63, 3.8) is 0 Å². The Morgan fingerprint density at radius 3 is 3.09 bits per heavy atom. The van der Waals surface area contributed by atoms with Crippen molar-refractivity contribution in [1.82, 2.24) is 4.90 Å². The molecule has 0 aromatic heterocycles. The van der Waals surface area contributed by atoms with E-state index in [4.69, 9.17) is 4.74 Å². The van der Waals surface area contributed by atoms with Gasteiger partial charge in [0, 0.05) is 37.4 Å². The number of halogens is 1. The molecule has 114 valence electrons. The lowest BCUT2D eigenvalue weighted by molar-refractivity contribution is 0.220. The van der Waals surface area contributed by atoms with Gasteiger partial charge in [-0.15, -0.1) is 0 Å². The molecule has 1 N–H and O–H groups in total. The van der Waals surface area contributed by atoms with Crippen molar-refractivity contribution in [2.24, 2.45) is 0 Å². The van der Waals surface area contributed by atoms with Gasteiger partial charge in [0.05, 0.1) is 0 Å². The molecule has 0 bridgehead atoms. The molecule has 2 heterocycles. The number of benzene rings is 2. The predicted molar refractivity (Wildman–Crippen MR) is 84.6 cm³/mol. The number of para-hydroxylation sites is 1. The molecule has 4 rings (SSSR count). The minimum atomic E-state index is -0.202. The van der Waals surface area contributed by atoms with E-state index in [0.717, 1.165) is 43.9 Å². The van der Waals surface area contributed by atoms with Crippen molar-refractivity contribution in [1.29, 1.82) is 0 Å². The fourth-order valence-electron chi connectivity index (χ4n) is 3.34. The number of anilines is 1. The van der Waals surface area contributed by atoms with Gasteiger partial charge in [-0.25, -0.2) is 4.39 Å². The van der Waals surface area contributed by atoms with Gasteiger partial charge < -0.3 is 10.1 Å². The normalized spacial score (nSPS) is 17.1. The number of nitrogens with one attached hydrogen (secondary N) is 1. The molecular weight excluding hydrogens is 279 g/mol. The van der Waals surface area contributed by atoms with E-state index >= 15 is 0 Å². The molecule has 0 aliphatic carbocycles. The van der Waals surface area contributed by atoms with Crippen LogP contribution in [-0.4, -0.2) is 24.6 Å². The Balaban J connectivity index is 1.58. The van der Waals surface area contributed by atoms with E-state index in [9.17, 15) is 4.39 Å². The highest BCUT2D eigenvalue weighted by molar-refractivity contribution is 5.61. The molecule has 0 saturated carbocycles. The van der Waals surface area contributed by atoms with Gasteiger partial charge in [-0.1, -0.05) is 18.2 Å². The second-order valence-electron chi connectivity index (χ2n) is 5.94. The maximum Gasteiger partial charge on any atom is 0.124 e. The molecular formula is C18H19FN2O. The van der Waals surface area contributed by atoms with Gasteiger partial charge in [0.25, 0.3) is 0 Å². The lowest BCUT2D eigenvalue weighted by Gasteiger charge is -2.21. The zero-order chi connectivity index (χ0) is 14.9. The lowest BCUT2D eigenvalue weighted by atomic mass is 10.1. The molecule has 0 saturated heterocycles. The van der Waals surface area contributed by atoms with Crippen molar-refractivity contribution >= 4 is 5.69 Å². The zero-order valence-electron chi connectivity index (χ0n) is 12.4. The largest absolute Gasteiger partial charge is 0.492 e. The smallest absolute Gasteiger partial charge is 0.124 e. The van der Waals surface area contributed by atoms with Crippen LogP contribution in [0, 0.1) is 5.82 Å². The van der Waals surface area contributed by atoms with Gasteiger partial charge in [0.15, 0.2) is 0 Å². The van der Waals surface area contributed by atoms with E-state index < -0.39 is 0 Å². The minimum Gasteiger partial charge on any atom is -0.492 e. The van der Waals surface area contributed by atoms with Crippen molar-refractivity contribution in [3.05, 3.63) is 58.9 Å². The summed E-state index contributed by atoms with van der Waals surface area (Å²) in [7, 11) is 0. The standard InChI is InChI=1S/C18H19FN2O/c19-16-4-5-17-15(10-16)12-21(8-9-22-17)11-14-3-1-2-13-6-7-20-18(13)14/h1-5,10,20H,6-9,11-12H2. The Bertz CT molecular complexity index is 701. The quantitative estimate of drug-likeness (QED) is 0.921. The second kappa shape index (κ2) is 5.61. The molecule has 0 amide bonds. The van der Waals surface area contributed by atoms with Crippen LogP contribution in [0.1, 0.15) is 16.7 Å². The van der Waals surface area contributed by atoms with E-state index in [-0.39, 0.29) is 5.82 Å². The van der Waals surface area contributed by atoms with E-state index in [2.05, 4.69) is 28.4 Å². The van der Waals surface area contributed by atoms with Crippen LogP contribution < -0.4 is 10.1 Å². The molecule has 3 nitrogen and oxygen atoms in total. The Hall–Kier alpha value is -2.07. The van der Waals surface area contributed by atoms with Crippen LogP contribution in [0.25, 0.3) is 0 Å². The monoisotopic (exact) mass is 298 g/mol. The first-order valence-electron chi connectivity index (χ1n) is 7.78. The highest BCUT2D eigenvalue weighted by Crippen LogP contribution is 2.29. The molecule has 2 aliphatic rings. The van der Waals surface area contributed by atoms with Crippen LogP contribution in [0.2, 0.25) is 0 Å². The molecule has 0 atom stereocenters. The molecule has 0 fully saturated rings. The van der Waals surface area contributed by atoms with Gasteiger partial charge in [-0.05, 0) is 35.7 Å². The Morgan fingerprint density at radius 2 is 2.14 bits per heavy atom.